The Kier molecular flexibility index (Phi) is 7.46. The summed E-state index contributed by atoms with van der Waals surface area (Å²) < 4.78 is 33.1. The number of amides is 1. The van der Waals surface area contributed by atoms with Gasteiger partial charge in [0.1, 0.15) is 0 Å². The monoisotopic (exact) mass is 451 g/mol. The van der Waals surface area contributed by atoms with E-state index in [9.17, 15) is 13.2 Å². The highest BCUT2D eigenvalue weighted by atomic mass is 32.2. The Morgan fingerprint density at radius 1 is 1.10 bits per heavy atom. The molecule has 1 N–H and O–H groups in total. The molecule has 2 aliphatic heterocycles. The molecule has 2 saturated heterocycles. The van der Waals surface area contributed by atoms with Crippen LogP contribution >= 0.6 is 0 Å². The Morgan fingerprint density at radius 3 is 2.19 bits per heavy atom. The van der Waals surface area contributed by atoms with Crippen molar-refractivity contribution in [2.24, 2.45) is 5.92 Å². The zero-order valence-electron chi connectivity index (χ0n) is 19.4. The topological polar surface area (TPSA) is 79.0 Å². The molecular formula is C23H37N3O4S. The van der Waals surface area contributed by atoms with E-state index < -0.39 is 10.0 Å². The zero-order valence-corrected chi connectivity index (χ0v) is 20.2. The third-order valence-corrected chi connectivity index (χ3v) is 8.37. The third-order valence-electron chi connectivity index (χ3n) is 6.45. The van der Waals surface area contributed by atoms with Crippen LogP contribution in [0.1, 0.15) is 46.1 Å². The van der Waals surface area contributed by atoms with Gasteiger partial charge in [0.05, 0.1) is 17.1 Å². The summed E-state index contributed by atoms with van der Waals surface area (Å²) in [6.07, 6.45) is 1.45. The first-order valence-electron chi connectivity index (χ1n) is 11.2. The molecule has 0 aliphatic carbocycles. The first-order valence-corrected chi connectivity index (χ1v) is 12.7. The molecule has 0 bridgehead atoms. The van der Waals surface area contributed by atoms with E-state index >= 15 is 0 Å². The second kappa shape index (κ2) is 9.57. The van der Waals surface area contributed by atoms with Crippen molar-refractivity contribution in [2.75, 3.05) is 32.7 Å². The van der Waals surface area contributed by atoms with Crippen LogP contribution in [-0.4, -0.2) is 74.0 Å². The highest BCUT2D eigenvalue weighted by Gasteiger charge is 2.35. The number of nitrogens with zero attached hydrogens (tertiary/aromatic N) is 2. The van der Waals surface area contributed by atoms with Crippen LogP contribution in [0.25, 0.3) is 0 Å². The first-order chi connectivity index (χ1) is 14.5. The summed E-state index contributed by atoms with van der Waals surface area (Å²) in [6.45, 7) is 13.4. The Morgan fingerprint density at radius 2 is 1.65 bits per heavy atom. The third kappa shape index (κ3) is 5.86. The van der Waals surface area contributed by atoms with Crippen molar-refractivity contribution in [3.05, 3.63) is 29.8 Å². The van der Waals surface area contributed by atoms with Gasteiger partial charge in [0.15, 0.2) is 0 Å². The standard InChI is InChI=1S/C23H37N3O4S/c1-17-6-8-21(9-7-17)31(28,29)26-12-10-20(11-13-26)22(27)24-16-23(4,5)25-14-18(2)30-19(3)15-25/h6-9,18-20H,10-16H2,1-5H3,(H,24,27). The molecule has 8 heteroatoms. The van der Waals surface area contributed by atoms with Crippen LogP contribution < -0.4 is 5.32 Å². The summed E-state index contributed by atoms with van der Waals surface area (Å²) >= 11 is 0. The van der Waals surface area contributed by atoms with E-state index in [2.05, 4.69) is 37.9 Å². The van der Waals surface area contributed by atoms with Crippen LogP contribution in [-0.2, 0) is 19.6 Å². The zero-order chi connectivity index (χ0) is 22.8. The minimum Gasteiger partial charge on any atom is -0.373 e. The summed E-state index contributed by atoms with van der Waals surface area (Å²) in [5.74, 6) is -0.127. The first kappa shape index (κ1) is 24.2. The molecule has 0 aromatic heterocycles. The molecule has 2 unspecified atom stereocenters. The molecule has 1 amide bonds. The van der Waals surface area contributed by atoms with Gasteiger partial charge in [-0.3, -0.25) is 9.69 Å². The molecule has 7 nitrogen and oxygen atoms in total. The van der Waals surface area contributed by atoms with Crippen LogP contribution in [0.4, 0.5) is 0 Å². The second-order valence-corrected chi connectivity index (χ2v) is 11.6. The molecule has 2 aliphatic rings. The van der Waals surface area contributed by atoms with Crippen LogP contribution in [0.15, 0.2) is 29.2 Å². The molecule has 0 radical (unpaired) electrons. The van der Waals surface area contributed by atoms with Crippen molar-refractivity contribution >= 4 is 15.9 Å². The number of morpholine rings is 1. The fourth-order valence-corrected chi connectivity index (χ4v) is 5.92. The number of rotatable bonds is 6. The molecule has 1 aromatic carbocycles. The maximum absolute atomic E-state index is 12.9. The van der Waals surface area contributed by atoms with E-state index in [0.29, 0.717) is 37.4 Å². The minimum absolute atomic E-state index is 0.0230. The van der Waals surface area contributed by atoms with E-state index in [1.54, 1.807) is 12.1 Å². The van der Waals surface area contributed by atoms with E-state index in [0.717, 1.165) is 18.7 Å². The predicted octanol–water partition coefficient (Wildman–Crippen LogP) is 2.40. The summed E-state index contributed by atoms with van der Waals surface area (Å²) in [7, 11) is -3.51. The largest absolute Gasteiger partial charge is 0.373 e. The maximum atomic E-state index is 12.9. The molecular weight excluding hydrogens is 414 g/mol. The number of hydrogen-bond donors (Lipinski definition) is 1. The molecule has 2 atom stereocenters. The SMILES string of the molecule is Cc1ccc(S(=O)(=O)N2CCC(C(=O)NCC(C)(C)N3CC(C)OC(C)C3)CC2)cc1. The Balaban J connectivity index is 1.51. The molecule has 1 aromatic rings. The summed E-state index contributed by atoms with van der Waals surface area (Å²) in [5.41, 5.74) is 0.857. The fourth-order valence-electron chi connectivity index (χ4n) is 4.45. The van der Waals surface area contributed by atoms with Crippen molar-refractivity contribution in [1.82, 2.24) is 14.5 Å². The lowest BCUT2D eigenvalue weighted by atomic mass is 9.95. The number of nitrogens with one attached hydrogen (secondary N) is 1. The normalized spacial score (nSPS) is 24.8. The second-order valence-electron chi connectivity index (χ2n) is 9.68. The van der Waals surface area contributed by atoms with Crippen LogP contribution in [0.3, 0.4) is 0 Å². The number of sulfonamides is 1. The molecule has 3 rings (SSSR count). The Hall–Kier alpha value is -1.48. The van der Waals surface area contributed by atoms with Crippen molar-refractivity contribution in [3.8, 4) is 0 Å². The van der Waals surface area contributed by atoms with Gasteiger partial charge in [0.25, 0.3) is 0 Å². The predicted molar refractivity (Wildman–Crippen MR) is 121 cm³/mol. The lowest BCUT2D eigenvalue weighted by Crippen LogP contribution is -2.59. The number of piperidine rings is 1. The molecule has 0 saturated carbocycles. The van der Waals surface area contributed by atoms with Gasteiger partial charge in [-0.1, -0.05) is 17.7 Å². The van der Waals surface area contributed by atoms with Crippen molar-refractivity contribution in [2.45, 2.75) is 70.1 Å². The summed E-state index contributed by atoms with van der Waals surface area (Å²) in [5, 5.41) is 3.12. The molecule has 0 spiro atoms. The van der Waals surface area contributed by atoms with Crippen molar-refractivity contribution < 1.29 is 17.9 Å². The fraction of sp³-hybridized carbons (Fsp3) is 0.696. The maximum Gasteiger partial charge on any atom is 0.243 e. The Labute approximate surface area is 187 Å². The van der Waals surface area contributed by atoms with Gasteiger partial charge in [0, 0.05) is 44.2 Å². The van der Waals surface area contributed by atoms with Crippen LogP contribution in [0.2, 0.25) is 0 Å². The van der Waals surface area contributed by atoms with Gasteiger partial charge in [0.2, 0.25) is 15.9 Å². The number of aryl methyl sites for hydroxylation is 1. The van der Waals surface area contributed by atoms with E-state index in [4.69, 9.17) is 4.74 Å². The van der Waals surface area contributed by atoms with E-state index in [1.165, 1.54) is 4.31 Å². The number of carbonyl (C=O) groups is 1. The van der Waals surface area contributed by atoms with Crippen LogP contribution in [0.5, 0.6) is 0 Å². The average Bonchev–Trinajstić information content (AvgIpc) is 2.72. The number of benzene rings is 1. The average molecular weight is 452 g/mol. The van der Waals surface area contributed by atoms with Gasteiger partial charge in [-0.2, -0.15) is 4.31 Å². The number of ether oxygens (including phenoxy) is 1. The smallest absolute Gasteiger partial charge is 0.243 e. The molecule has 2 fully saturated rings. The van der Waals surface area contributed by atoms with Crippen molar-refractivity contribution in [3.63, 3.8) is 0 Å². The molecule has 174 valence electrons. The molecule has 31 heavy (non-hydrogen) atoms. The lowest BCUT2D eigenvalue weighted by Gasteiger charge is -2.45. The van der Waals surface area contributed by atoms with E-state index in [1.807, 2.05) is 19.1 Å². The van der Waals surface area contributed by atoms with Gasteiger partial charge in [-0.05, 0) is 59.6 Å². The molecule has 2 heterocycles. The minimum atomic E-state index is -3.51. The number of hydrogen-bond acceptors (Lipinski definition) is 5. The van der Waals surface area contributed by atoms with Gasteiger partial charge < -0.3 is 10.1 Å². The van der Waals surface area contributed by atoms with Crippen molar-refractivity contribution in [1.29, 1.82) is 0 Å². The highest BCUT2D eigenvalue weighted by molar-refractivity contribution is 7.89. The highest BCUT2D eigenvalue weighted by Crippen LogP contribution is 2.25. The summed E-state index contributed by atoms with van der Waals surface area (Å²) in [4.78, 5) is 15.5. The number of carbonyl (C=O) groups excluding carboxylic acids is 1. The quantitative estimate of drug-likeness (QED) is 0.719. The Bertz CT molecular complexity index is 851. The van der Waals surface area contributed by atoms with Gasteiger partial charge in [-0.25, -0.2) is 8.42 Å². The summed E-state index contributed by atoms with van der Waals surface area (Å²) in [6, 6.07) is 6.92. The lowest BCUT2D eigenvalue weighted by molar-refractivity contribution is -0.127. The van der Waals surface area contributed by atoms with Gasteiger partial charge in [-0.15, -0.1) is 0 Å². The van der Waals surface area contributed by atoms with Crippen LogP contribution in [0, 0.1) is 12.8 Å². The van der Waals surface area contributed by atoms with Gasteiger partial charge >= 0.3 is 0 Å². The van der Waals surface area contributed by atoms with E-state index in [-0.39, 0.29) is 29.6 Å².